The van der Waals surface area contributed by atoms with Crippen LogP contribution in [0.2, 0.25) is 10.0 Å². The Kier molecular flexibility index (Phi) is 8.84. The third kappa shape index (κ3) is 6.82. The molecule has 3 N–H and O–H groups in total. The lowest BCUT2D eigenvalue weighted by atomic mass is 9.90. The average Bonchev–Trinajstić information content (AvgIpc) is 3.40. The largest absolute Gasteiger partial charge is 0.771 e. The van der Waals surface area contributed by atoms with Crippen LogP contribution in [0.4, 0.5) is 0 Å². The molecule has 2 atom stereocenters. The highest BCUT2D eigenvalue weighted by atomic mass is 35.5. The van der Waals surface area contributed by atoms with Gasteiger partial charge in [-0.3, -0.25) is 4.21 Å². The molecular weight excluding hydrogens is 605 g/mol. The summed E-state index contributed by atoms with van der Waals surface area (Å²) in [6.45, 7) is 0.321. The predicted octanol–water partition coefficient (Wildman–Crippen LogP) is 4.61. The maximum Gasteiger partial charge on any atom is 0.264 e. The van der Waals surface area contributed by atoms with Crippen LogP contribution in [0.5, 0.6) is 0 Å². The van der Waals surface area contributed by atoms with Crippen LogP contribution in [-0.4, -0.2) is 51.3 Å². The first-order chi connectivity index (χ1) is 19.5. The van der Waals surface area contributed by atoms with Gasteiger partial charge in [0.05, 0.1) is 28.1 Å². The fourth-order valence-corrected chi connectivity index (χ4v) is 6.79. The molecule has 0 amide bonds. The zero-order chi connectivity index (χ0) is 29.2. The summed E-state index contributed by atoms with van der Waals surface area (Å²) < 4.78 is 52.9. The molecular formula is C28H28Cl2N5O4S2-. The van der Waals surface area contributed by atoms with Gasteiger partial charge in [-0.15, -0.1) is 0 Å². The van der Waals surface area contributed by atoms with Crippen LogP contribution in [0.15, 0.2) is 93.9 Å². The number of guanidine groups is 1. The molecule has 1 saturated carbocycles. The summed E-state index contributed by atoms with van der Waals surface area (Å²) in [5, 5.41) is 7.42. The summed E-state index contributed by atoms with van der Waals surface area (Å²) in [5.74, 6) is -0.142. The van der Waals surface area contributed by atoms with Gasteiger partial charge >= 0.3 is 0 Å². The molecule has 0 radical (unpaired) electrons. The Hall–Kier alpha value is -2.80. The summed E-state index contributed by atoms with van der Waals surface area (Å²) in [6.07, 6.45) is 1.17. The van der Waals surface area contributed by atoms with E-state index < -0.39 is 26.0 Å². The van der Waals surface area contributed by atoms with Crippen molar-refractivity contribution in [2.45, 2.75) is 47.4 Å². The zero-order valence-electron chi connectivity index (χ0n) is 21.8. The number of benzene rings is 3. The summed E-state index contributed by atoms with van der Waals surface area (Å²) in [5.41, 5.74) is 8.64. The third-order valence-corrected chi connectivity index (χ3v) is 10.2. The van der Waals surface area contributed by atoms with Crippen LogP contribution in [-0.2, 0) is 21.1 Å². The highest BCUT2D eigenvalue weighted by Crippen LogP contribution is 2.32. The van der Waals surface area contributed by atoms with Gasteiger partial charge in [-0.2, -0.15) is 5.10 Å². The lowest BCUT2D eigenvalue weighted by Crippen LogP contribution is -2.48. The number of halogens is 2. The second-order valence-electron chi connectivity index (χ2n) is 10.1. The number of nitrogens with one attached hydrogen (secondary N) is 1. The van der Waals surface area contributed by atoms with E-state index in [0.29, 0.717) is 29.4 Å². The molecule has 1 fully saturated rings. The Morgan fingerprint density at radius 3 is 2.17 bits per heavy atom. The van der Waals surface area contributed by atoms with Crippen LogP contribution < -0.4 is 10.5 Å². The van der Waals surface area contributed by atoms with E-state index in [1.165, 1.54) is 24.3 Å². The number of hydrogen-bond donors (Lipinski definition) is 2. The van der Waals surface area contributed by atoms with Gasteiger partial charge in [-0.05, 0) is 84.3 Å². The monoisotopic (exact) mass is 632 g/mol. The number of nitrogens with two attached hydrogens (primary N) is 1. The minimum absolute atomic E-state index is 0.0154. The van der Waals surface area contributed by atoms with Gasteiger partial charge in [0.25, 0.3) is 10.0 Å². The molecule has 1 aliphatic heterocycles. The summed E-state index contributed by atoms with van der Waals surface area (Å²) in [4.78, 5) is 3.48. The second-order valence-corrected chi connectivity index (χ2v) is 13.9. The molecule has 0 aromatic heterocycles. The van der Waals surface area contributed by atoms with Crippen molar-refractivity contribution in [2.75, 3.05) is 6.54 Å². The Labute approximate surface area is 251 Å². The van der Waals surface area contributed by atoms with Crippen molar-refractivity contribution in [2.24, 2.45) is 15.8 Å². The molecule has 1 unspecified atom stereocenters. The van der Waals surface area contributed by atoms with Crippen molar-refractivity contribution in [1.82, 2.24) is 9.73 Å². The van der Waals surface area contributed by atoms with Crippen LogP contribution >= 0.6 is 23.2 Å². The highest BCUT2D eigenvalue weighted by Gasteiger charge is 2.36. The predicted molar refractivity (Wildman–Crippen MR) is 161 cm³/mol. The minimum Gasteiger partial charge on any atom is -0.771 e. The van der Waals surface area contributed by atoms with Crippen LogP contribution in [0.25, 0.3) is 0 Å². The average molecular weight is 634 g/mol. The molecule has 3 aromatic rings. The fraction of sp³-hybridized carbons (Fsp3) is 0.286. The summed E-state index contributed by atoms with van der Waals surface area (Å²) >= 11 is 9.69. The molecule has 2 aliphatic rings. The first kappa shape index (κ1) is 29.7. The zero-order valence-corrected chi connectivity index (χ0v) is 25.0. The van der Waals surface area contributed by atoms with E-state index in [0.717, 1.165) is 16.8 Å². The third-order valence-electron chi connectivity index (χ3n) is 7.29. The first-order valence-corrected chi connectivity index (χ1v) is 16.3. The molecule has 3 aromatic carbocycles. The van der Waals surface area contributed by atoms with Crippen molar-refractivity contribution in [3.8, 4) is 0 Å². The lowest BCUT2D eigenvalue weighted by Gasteiger charge is -2.37. The summed E-state index contributed by atoms with van der Waals surface area (Å²) in [7, 11) is -4.06. The molecule has 13 heteroatoms. The molecule has 5 rings (SSSR count). The van der Waals surface area contributed by atoms with Gasteiger partial charge in [0.1, 0.15) is 0 Å². The number of hydrogen-bond acceptors (Lipinski definition) is 7. The van der Waals surface area contributed by atoms with Gasteiger partial charge in [-0.25, -0.2) is 23.1 Å². The van der Waals surface area contributed by atoms with Crippen molar-refractivity contribution >= 4 is 56.0 Å². The molecule has 1 aliphatic carbocycles. The van der Waals surface area contributed by atoms with E-state index in [4.69, 9.17) is 39.0 Å². The van der Waals surface area contributed by atoms with Crippen LogP contribution in [0, 0.1) is 0 Å². The van der Waals surface area contributed by atoms with Crippen molar-refractivity contribution in [3.05, 3.63) is 100 Å². The van der Waals surface area contributed by atoms with Gasteiger partial charge in [-0.1, -0.05) is 65.7 Å². The summed E-state index contributed by atoms with van der Waals surface area (Å²) in [6, 6.07) is 22.6. The van der Waals surface area contributed by atoms with E-state index in [1.807, 2.05) is 42.5 Å². The number of rotatable bonds is 6. The lowest BCUT2D eigenvalue weighted by molar-refractivity contribution is 0.337. The maximum atomic E-state index is 13.5. The van der Waals surface area contributed by atoms with E-state index in [9.17, 15) is 17.2 Å². The quantitative estimate of drug-likeness (QED) is 0.231. The molecule has 0 bridgehead atoms. The minimum atomic E-state index is -4.06. The van der Waals surface area contributed by atoms with Gasteiger partial charge in [0, 0.05) is 16.0 Å². The molecule has 1 heterocycles. The van der Waals surface area contributed by atoms with E-state index in [2.05, 4.69) is 4.72 Å². The topological polar surface area (TPSA) is 140 Å². The van der Waals surface area contributed by atoms with Crippen molar-refractivity contribution < 1.29 is 17.2 Å². The van der Waals surface area contributed by atoms with Crippen LogP contribution in [0.3, 0.4) is 0 Å². The second kappa shape index (κ2) is 12.2. The normalized spacial score (nSPS) is 24.1. The molecule has 0 saturated heterocycles. The van der Waals surface area contributed by atoms with Gasteiger partial charge < -0.3 is 10.3 Å². The number of hydrazone groups is 1. The number of aliphatic imine (C=N–C) groups is 1. The van der Waals surface area contributed by atoms with E-state index in [1.54, 1.807) is 17.1 Å². The molecule has 0 spiro atoms. The van der Waals surface area contributed by atoms with E-state index >= 15 is 0 Å². The standard InChI is InChI=1S/C28H29Cl2N5O4S2/c29-21-8-6-20(7-9-21)26-25(19-4-2-1-3-5-19)18-35(33-26)27(32-23-14-16-28(31,17-15-23)40(36)37)34-41(38,39)24-12-10-22(30)11-13-24/h1-13,23,25H,14-18,31H2,(H,32,34)(H,36,37)/p-1/t23?,25-,28?/m0/s1. The highest BCUT2D eigenvalue weighted by molar-refractivity contribution is 7.90. The Balaban J connectivity index is 1.53. The van der Waals surface area contributed by atoms with Crippen molar-refractivity contribution in [3.63, 3.8) is 0 Å². The van der Waals surface area contributed by atoms with Crippen LogP contribution in [0.1, 0.15) is 42.7 Å². The Bertz CT molecular complexity index is 1580. The van der Waals surface area contributed by atoms with Gasteiger partial charge in [0.15, 0.2) is 0 Å². The number of sulfonamides is 1. The van der Waals surface area contributed by atoms with Crippen molar-refractivity contribution in [1.29, 1.82) is 0 Å². The Morgan fingerprint density at radius 2 is 1.59 bits per heavy atom. The molecule has 41 heavy (non-hydrogen) atoms. The van der Waals surface area contributed by atoms with E-state index in [-0.39, 0.29) is 35.7 Å². The molecule has 9 nitrogen and oxygen atoms in total. The molecule has 216 valence electrons. The smallest absolute Gasteiger partial charge is 0.264 e. The van der Waals surface area contributed by atoms with Gasteiger partial charge in [0.2, 0.25) is 5.96 Å². The Morgan fingerprint density at radius 1 is 1.00 bits per heavy atom. The first-order valence-electron chi connectivity index (χ1n) is 13.0. The number of nitrogens with zero attached hydrogens (tertiary/aromatic N) is 3. The maximum absolute atomic E-state index is 13.5. The SMILES string of the molecule is NC1(S(=O)[O-])CCC(N=C(NS(=O)(=O)c2ccc(Cl)cc2)N2C[C@@H](c3ccccc3)C(c3ccc(Cl)cc3)=N2)CC1. The fourth-order valence-electron chi connectivity index (χ4n) is 4.96.